The van der Waals surface area contributed by atoms with Crippen LogP contribution >= 0.6 is 11.3 Å². The third-order valence-corrected chi connectivity index (χ3v) is 6.14. The normalized spacial score (nSPS) is 10.8. The van der Waals surface area contributed by atoms with Gasteiger partial charge in [0.25, 0.3) is 0 Å². The van der Waals surface area contributed by atoms with E-state index in [4.69, 9.17) is 0 Å². The number of fused-ring (bicyclic) bond motifs is 3. The number of thiophene rings is 1. The zero-order valence-corrected chi connectivity index (χ0v) is 17.6. The van der Waals surface area contributed by atoms with E-state index < -0.39 is 0 Å². The molecular formula is C25H36S. The Balaban J connectivity index is 0.000000187. The molecule has 0 amide bonds. The largest absolute Gasteiger partial charge is 0.135 e. The zero-order valence-electron chi connectivity index (χ0n) is 16.8. The topological polar surface area (TPSA) is 0 Å². The zero-order chi connectivity index (χ0) is 18.5. The van der Waals surface area contributed by atoms with Gasteiger partial charge in [0, 0.05) is 20.2 Å². The smallest absolute Gasteiger partial charge is 0.0355 e. The van der Waals surface area contributed by atoms with E-state index in [1.54, 1.807) is 0 Å². The molecule has 1 heterocycles. The molecule has 2 aromatic carbocycles. The van der Waals surface area contributed by atoms with Gasteiger partial charge in [0.05, 0.1) is 0 Å². The molecule has 0 saturated heterocycles. The molecule has 26 heavy (non-hydrogen) atoms. The summed E-state index contributed by atoms with van der Waals surface area (Å²) in [7, 11) is 0. The highest BCUT2D eigenvalue weighted by Crippen LogP contribution is 2.32. The summed E-state index contributed by atoms with van der Waals surface area (Å²) in [6.07, 6.45) is 15.9. The Morgan fingerprint density at radius 1 is 0.500 bits per heavy atom. The van der Waals surface area contributed by atoms with Crippen molar-refractivity contribution < 1.29 is 0 Å². The molecule has 0 radical (unpaired) electrons. The molecule has 0 spiro atoms. The molecule has 1 aromatic heterocycles. The average molecular weight is 369 g/mol. The molecule has 3 aromatic rings. The summed E-state index contributed by atoms with van der Waals surface area (Å²) in [5, 5.41) is 2.76. The van der Waals surface area contributed by atoms with Crippen molar-refractivity contribution in [2.45, 2.75) is 84.5 Å². The first-order chi connectivity index (χ1) is 12.9. The molecular weight excluding hydrogens is 332 g/mol. The van der Waals surface area contributed by atoms with Gasteiger partial charge in [-0.05, 0) is 12.1 Å². The van der Waals surface area contributed by atoms with Crippen LogP contribution in [0, 0.1) is 0 Å². The minimum absolute atomic E-state index is 1.37. The second-order valence-electron chi connectivity index (χ2n) is 7.28. The van der Waals surface area contributed by atoms with Gasteiger partial charge in [-0.25, -0.2) is 0 Å². The van der Waals surface area contributed by atoms with Crippen LogP contribution in [0.5, 0.6) is 0 Å². The lowest BCUT2D eigenvalue weighted by Gasteiger charge is -2.00. The molecule has 0 aliphatic heterocycles. The second-order valence-corrected chi connectivity index (χ2v) is 8.36. The van der Waals surface area contributed by atoms with Crippen LogP contribution < -0.4 is 0 Å². The lowest BCUT2D eigenvalue weighted by atomic mass is 10.1. The van der Waals surface area contributed by atoms with Crippen molar-refractivity contribution in [3.63, 3.8) is 0 Å². The quantitative estimate of drug-likeness (QED) is 0.313. The first-order valence-electron chi connectivity index (χ1n) is 10.7. The minimum Gasteiger partial charge on any atom is -0.135 e. The van der Waals surface area contributed by atoms with E-state index in [1.165, 1.54) is 90.8 Å². The molecule has 0 aliphatic rings. The number of unbranched alkanes of at least 4 members (excludes halogenated alkanes) is 10. The van der Waals surface area contributed by atoms with Crippen molar-refractivity contribution in [3.05, 3.63) is 48.5 Å². The molecule has 0 N–H and O–H groups in total. The lowest BCUT2D eigenvalue weighted by Crippen LogP contribution is -1.80. The molecule has 0 saturated carbocycles. The summed E-state index contributed by atoms with van der Waals surface area (Å²) in [5.74, 6) is 0. The Morgan fingerprint density at radius 2 is 0.846 bits per heavy atom. The first-order valence-corrected chi connectivity index (χ1v) is 11.5. The molecule has 3 rings (SSSR count). The molecule has 0 bridgehead atoms. The predicted octanol–water partition coefficient (Wildman–Crippen LogP) is 9.37. The van der Waals surface area contributed by atoms with Gasteiger partial charge in [0.2, 0.25) is 0 Å². The monoisotopic (exact) mass is 368 g/mol. The molecule has 0 nitrogen and oxygen atoms in total. The minimum atomic E-state index is 1.37. The summed E-state index contributed by atoms with van der Waals surface area (Å²) < 4.78 is 2.76. The summed E-state index contributed by atoms with van der Waals surface area (Å²) in [6, 6.07) is 17.1. The average Bonchev–Trinajstić information content (AvgIpc) is 3.06. The van der Waals surface area contributed by atoms with Crippen LogP contribution in [-0.2, 0) is 0 Å². The Morgan fingerprint density at radius 3 is 1.23 bits per heavy atom. The van der Waals surface area contributed by atoms with E-state index in [-0.39, 0.29) is 0 Å². The van der Waals surface area contributed by atoms with E-state index in [2.05, 4.69) is 62.4 Å². The van der Waals surface area contributed by atoms with Crippen LogP contribution in [0.2, 0.25) is 0 Å². The van der Waals surface area contributed by atoms with E-state index in [0.29, 0.717) is 0 Å². The summed E-state index contributed by atoms with van der Waals surface area (Å²) in [6.45, 7) is 4.56. The standard InChI is InChI=1S/C13H28.C12H8S/c1-3-5-7-9-11-13-12-10-8-6-4-2;1-3-7-11-9(5-1)10-6-2-4-8-12(10)13-11/h3-13H2,1-2H3;1-8H. The summed E-state index contributed by atoms with van der Waals surface area (Å²) >= 11 is 1.86. The van der Waals surface area contributed by atoms with Gasteiger partial charge >= 0.3 is 0 Å². The fraction of sp³-hybridized carbons (Fsp3) is 0.520. The van der Waals surface area contributed by atoms with Gasteiger partial charge in [-0.15, -0.1) is 11.3 Å². The third kappa shape index (κ3) is 7.11. The van der Waals surface area contributed by atoms with Crippen LogP contribution in [0.1, 0.15) is 84.5 Å². The Bertz CT molecular complexity index is 665. The highest BCUT2D eigenvalue weighted by Gasteiger charge is 2.01. The first kappa shape index (κ1) is 21.0. The van der Waals surface area contributed by atoms with Gasteiger partial charge < -0.3 is 0 Å². The van der Waals surface area contributed by atoms with E-state index >= 15 is 0 Å². The Kier molecular flexibility index (Phi) is 10.4. The maximum Gasteiger partial charge on any atom is 0.0355 e. The van der Waals surface area contributed by atoms with Gasteiger partial charge in [-0.3, -0.25) is 0 Å². The fourth-order valence-electron chi connectivity index (χ4n) is 3.41. The van der Waals surface area contributed by atoms with Crippen molar-refractivity contribution in [3.8, 4) is 0 Å². The maximum absolute atomic E-state index is 2.28. The Hall–Kier alpha value is -1.34. The molecule has 0 atom stereocenters. The van der Waals surface area contributed by atoms with Gasteiger partial charge in [0.1, 0.15) is 0 Å². The third-order valence-electron chi connectivity index (χ3n) is 4.99. The van der Waals surface area contributed by atoms with Crippen molar-refractivity contribution in [2.75, 3.05) is 0 Å². The van der Waals surface area contributed by atoms with Crippen LogP contribution in [0.25, 0.3) is 20.2 Å². The predicted molar refractivity (Wildman–Crippen MR) is 121 cm³/mol. The second kappa shape index (κ2) is 12.9. The van der Waals surface area contributed by atoms with Crippen molar-refractivity contribution in [1.82, 2.24) is 0 Å². The number of hydrogen-bond donors (Lipinski definition) is 0. The van der Waals surface area contributed by atoms with Gasteiger partial charge in [-0.2, -0.15) is 0 Å². The molecule has 1 heteroatoms. The van der Waals surface area contributed by atoms with Crippen molar-refractivity contribution in [2.24, 2.45) is 0 Å². The van der Waals surface area contributed by atoms with Crippen LogP contribution in [0.3, 0.4) is 0 Å². The van der Waals surface area contributed by atoms with Crippen LogP contribution in [0.4, 0.5) is 0 Å². The molecule has 142 valence electrons. The fourth-order valence-corrected chi connectivity index (χ4v) is 4.52. The summed E-state index contributed by atoms with van der Waals surface area (Å²) in [5.41, 5.74) is 0. The number of rotatable bonds is 10. The maximum atomic E-state index is 2.28. The highest BCUT2D eigenvalue weighted by atomic mass is 32.1. The molecule has 0 unspecified atom stereocenters. The van der Waals surface area contributed by atoms with Crippen LogP contribution in [-0.4, -0.2) is 0 Å². The van der Waals surface area contributed by atoms with Crippen molar-refractivity contribution >= 4 is 31.5 Å². The molecule has 0 fully saturated rings. The van der Waals surface area contributed by atoms with Gasteiger partial charge in [0.15, 0.2) is 0 Å². The Labute approximate surface area is 164 Å². The molecule has 0 aliphatic carbocycles. The number of hydrogen-bond acceptors (Lipinski definition) is 1. The van der Waals surface area contributed by atoms with Crippen LogP contribution in [0.15, 0.2) is 48.5 Å². The summed E-state index contributed by atoms with van der Waals surface area (Å²) in [4.78, 5) is 0. The number of benzene rings is 2. The highest BCUT2D eigenvalue weighted by molar-refractivity contribution is 7.25. The van der Waals surface area contributed by atoms with E-state index in [0.717, 1.165) is 0 Å². The lowest BCUT2D eigenvalue weighted by molar-refractivity contribution is 0.554. The van der Waals surface area contributed by atoms with Crippen molar-refractivity contribution in [1.29, 1.82) is 0 Å². The van der Waals surface area contributed by atoms with E-state index in [1.807, 2.05) is 11.3 Å². The van der Waals surface area contributed by atoms with Gasteiger partial charge in [-0.1, -0.05) is 121 Å². The SMILES string of the molecule is CCCCCCCCCCCCC.c1ccc2c(c1)sc1ccccc12. The van der Waals surface area contributed by atoms with E-state index in [9.17, 15) is 0 Å².